The number of hydrogen-bond acceptors (Lipinski definition) is 8. The van der Waals surface area contributed by atoms with Gasteiger partial charge in [0.15, 0.2) is 17.3 Å². The maximum Gasteiger partial charge on any atom is 0.417 e. The predicted molar refractivity (Wildman–Crippen MR) is 103 cm³/mol. The molecule has 8 nitrogen and oxygen atoms in total. The van der Waals surface area contributed by atoms with Gasteiger partial charge in [-0.2, -0.15) is 13.2 Å². The number of rotatable bonds is 5. The van der Waals surface area contributed by atoms with Crippen molar-refractivity contribution in [2.45, 2.75) is 17.5 Å². The first-order chi connectivity index (χ1) is 14.8. The van der Waals surface area contributed by atoms with Gasteiger partial charge in [0.05, 0.1) is 16.3 Å². The summed E-state index contributed by atoms with van der Waals surface area (Å²) in [5, 5.41) is 9.87. The van der Waals surface area contributed by atoms with Crippen LogP contribution in [0.1, 0.15) is 17.6 Å². The molecule has 1 unspecified atom stereocenters. The van der Waals surface area contributed by atoms with E-state index in [4.69, 9.17) is 25.5 Å². The lowest BCUT2D eigenvalue weighted by atomic mass is 10.2. The summed E-state index contributed by atoms with van der Waals surface area (Å²) in [5.74, 6) is 0.435. The van der Waals surface area contributed by atoms with E-state index in [-0.39, 0.29) is 34.3 Å². The zero-order valence-electron chi connectivity index (χ0n) is 15.4. The number of aromatic nitrogens is 3. The molecule has 0 spiro atoms. The average Bonchev–Trinajstić information content (AvgIpc) is 3.22. The molecule has 2 aromatic heterocycles. The molecule has 0 bridgehead atoms. The number of hydrogen-bond donors (Lipinski definition) is 1. The van der Waals surface area contributed by atoms with Gasteiger partial charge in [-0.15, -0.1) is 10.2 Å². The number of carbonyl (C=O) groups is 1. The second-order valence-corrected chi connectivity index (χ2v) is 7.49. The third-order valence-corrected chi connectivity index (χ3v) is 5.07. The quantitative estimate of drug-likeness (QED) is 0.546. The molecule has 1 N–H and O–H groups in total. The maximum atomic E-state index is 12.7. The van der Waals surface area contributed by atoms with Crippen LogP contribution in [-0.2, 0) is 11.0 Å². The summed E-state index contributed by atoms with van der Waals surface area (Å²) in [6.45, 7) is 0.182. The molecule has 3 heterocycles. The van der Waals surface area contributed by atoms with Crippen molar-refractivity contribution in [1.82, 2.24) is 15.2 Å². The molecular formula is C18H12ClF3N4O4S. The van der Waals surface area contributed by atoms with Crippen LogP contribution in [0.4, 0.5) is 19.0 Å². The third kappa shape index (κ3) is 5.02. The number of alkyl halides is 3. The minimum Gasteiger partial charge on any atom is -0.485 e. The minimum absolute atomic E-state index is 0.110. The summed E-state index contributed by atoms with van der Waals surface area (Å²) in [7, 11) is 0. The lowest BCUT2D eigenvalue weighted by molar-refractivity contribution is -0.137. The molecule has 0 saturated heterocycles. The fourth-order valence-corrected chi connectivity index (χ4v) is 3.31. The van der Waals surface area contributed by atoms with E-state index in [0.717, 1.165) is 11.8 Å². The smallest absolute Gasteiger partial charge is 0.417 e. The summed E-state index contributed by atoms with van der Waals surface area (Å²) in [6, 6.07) is 7.83. The number of carbonyl (C=O) groups excluding carboxylic acids is 1. The highest BCUT2D eigenvalue weighted by Crippen LogP contribution is 2.36. The molecule has 31 heavy (non-hydrogen) atoms. The summed E-state index contributed by atoms with van der Waals surface area (Å²) in [4.78, 5) is 15.6. The highest BCUT2D eigenvalue weighted by molar-refractivity contribution is 7.99. The van der Waals surface area contributed by atoms with Gasteiger partial charge in [-0.25, -0.2) is 4.98 Å². The lowest BCUT2D eigenvalue weighted by Gasteiger charge is -2.23. The Morgan fingerprint density at radius 1 is 1.26 bits per heavy atom. The predicted octanol–water partition coefficient (Wildman–Crippen LogP) is 4.38. The summed E-state index contributed by atoms with van der Waals surface area (Å²) < 4.78 is 54.8. The van der Waals surface area contributed by atoms with Gasteiger partial charge in [0.1, 0.15) is 6.61 Å². The minimum atomic E-state index is -4.58. The molecule has 0 radical (unpaired) electrons. The molecule has 13 heteroatoms. The molecule has 1 aliphatic heterocycles. The van der Waals surface area contributed by atoms with Crippen LogP contribution in [0.15, 0.2) is 46.2 Å². The van der Waals surface area contributed by atoms with E-state index in [2.05, 4.69) is 20.5 Å². The SMILES string of the molecule is O=C(CSc1nnc(C2COc3ccccc3O2)o1)Nc1ncc(C(F)(F)F)cc1Cl. The van der Waals surface area contributed by atoms with Crippen molar-refractivity contribution < 1.29 is 31.9 Å². The Bertz CT molecular complexity index is 1110. The molecule has 1 aromatic carbocycles. The first kappa shape index (κ1) is 21.2. The maximum absolute atomic E-state index is 12.7. The molecular weight excluding hydrogens is 461 g/mol. The van der Waals surface area contributed by atoms with Crippen LogP contribution in [0, 0.1) is 0 Å². The Kier molecular flexibility index (Phi) is 5.92. The molecule has 0 fully saturated rings. The van der Waals surface area contributed by atoms with Gasteiger partial charge >= 0.3 is 6.18 Å². The Labute approximate surface area is 182 Å². The molecule has 0 saturated carbocycles. The number of pyridine rings is 1. The molecule has 3 aromatic rings. The number of fused-ring (bicyclic) bond motifs is 1. The van der Waals surface area contributed by atoms with Crippen LogP contribution >= 0.6 is 23.4 Å². The Morgan fingerprint density at radius 2 is 2.03 bits per heavy atom. The number of nitrogens with zero attached hydrogens (tertiary/aromatic N) is 3. The van der Waals surface area contributed by atoms with E-state index in [1.807, 2.05) is 6.07 Å². The van der Waals surface area contributed by atoms with Crippen LogP contribution in [0.3, 0.4) is 0 Å². The number of halogens is 4. The first-order valence-corrected chi connectivity index (χ1v) is 10.0. The second kappa shape index (κ2) is 8.63. The van der Waals surface area contributed by atoms with E-state index in [9.17, 15) is 18.0 Å². The summed E-state index contributed by atoms with van der Waals surface area (Å²) in [6.07, 6.45) is -4.59. The number of anilines is 1. The van der Waals surface area contributed by atoms with Gasteiger partial charge in [-0.3, -0.25) is 4.79 Å². The van der Waals surface area contributed by atoms with E-state index >= 15 is 0 Å². The van der Waals surface area contributed by atoms with Crippen LogP contribution in [0.2, 0.25) is 5.02 Å². The van der Waals surface area contributed by atoms with Gasteiger partial charge in [0, 0.05) is 6.20 Å². The highest BCUT2D eigenvalue weighted by Gasteiger charge is 2.32. The van der Waals surface area contributed by atoms with Crippen molar-refractivity contribution in [3.8, 4) is 11.5 Å². The Hall–Kier alpha value is -2.99. The van der Waals surface area contributed by atoms with Crippen molar-refractivity contribution in [2.24, 2.45) is 0 Å². The second-order valence-electron chi connectivity index (χ2n) is 6.16. The molecule has 162 valence electrons. The number of thioether (sulfide) groups is 1. The van der Waals surface area contributed by atoms with Crippen LogP contribution in [0.25, 0.3) is 0 Å². The summed E-state index contributed by atoms with van der Waals surface area (Å²) in [5.41, 5.74) is -1.01. The van der Waals surface area contributed by atoms with Crippen LogP contribution in [-0.4, -0.2) is 33.4 Å². The van der Waals surface area contributed by atoms with Gasteiger partial charge in [-0.05, 0) is 18.2 Å². The normalized spacial score (nSPS) is 15.5. The number of ether oxygens (including phenoxy) is 2. The third-order valence-electron chi connectivity index (χ3n) is 3.96. The Morgan fingerprint density at radius 3 is 2.77 bits per heavy atom. The van der Waals surface area contributed by atoms with Crippen LogP contribution in [0.5, 0.6) is 11.5 Å². The van der Waals surface area contributed by atoms with E-state index < -0.39 is 23.8 Å². The molecule has 1 amide bonds. The van der Waals surface area contributed by atoms with Crippen molar-refractivity contribution in [1.29, 1.82) is 0 Å². The number of para-hydroxylation sites is 2. The molecule has 4 rings (SSSR count). The summed E-state index contributed by atoms with van der Waals surface area (Å²) >= 11 is 6.70. The zero-order valence-corrected chi connectivity index (χ0v) is 16.9. The van der Waals surface area contributed by atoms with Crippen LogP contribution < -0.4 is 14.8 Å². The topological polar surface area (TPSA) is 99.4 Å². The van der Waals surface area contributed by atoms with Gasteiger partial charge in [0.25, 0.3) is 11.1 Å². The number of nitrogens with one attached hydrogen (secondary N) is 1. The van der Waals surface area contributed by atoms with Crippen molar-refractivity contribution >= 4 is 35.1 Å². The fraction of sp³-hybridized carbons (Fsp3) is 0.222. The van der Waals surface area contributed by atoms with Gasteiger partial charge in [-0.1, -0.05) is 35.5 Å². The monoisotopic (exact) mass is 472 g/mol. The standard InChI is InChI=1S/C18H12ClF3N4O4S/c19-10-5-9(18(20,21)22)6-23-15(10)24-14(27)8-31-17-26-25-16(30-17)13-7-28-11-3-1-2-4-12(11)29-13/h1-6,13H,7-8H2,(H,23,24,27). The van der Waals surface area contributed by atoms with Crippen molar-refractivity contribution in [3.63, 3.8) is 0 Å². The molecule has 1 aliphatic rings. The van der Waals surface area contributed by atoms with E-state index in [1.54, 1.807) is 18.2 Å². The fourth-order valence-electron chi connectivity index (χ4n) is 2.53. The first-order valence-electron chi connectivity index (χ1n) is 8.67. The highest BCUT2D eigenvalue weighted by atomic mass is 35.5. The van der Waals surface area contributed by atoms with Gasteiger partial charge in [0.2, 0.25) is 12.0 Å². The average molecular weight is 473 g/mol. The van der Waals surface area contributed by atoms with E-state index in [0.29, 0.717) is 23.8 Å². The van der Waals surface area contributed by atoms with Gasteiger partial charge < -0.3 is 19.2 Å². The Balaban J connectivity index is 1.32. The number of amides is 1. The van der Waals surface area contributed by atoms with Crippen molar-refractivity contribution in [3.05, 3.63) is 53.0 Å². The zero-order chi connectivity index (χ0) is 22.0. The lowest BCUT2D eigenvalue weighted by Crippen LogP contribution is -2.21. The molecule has 0 aliphatic carbocycles. The van der Waals surface area contributed by atoms with E-state index in [1.165, 1.54) is 0 Å². The number of benzene rings is 1. The molecule has 1 atom stereocenters. The largest absolute Gasteiger partial charge is 0.485 e. The van der Waals surface area contributed by atoms with Crippen molar-refractivity contribution in [2.75, 3.05) is 17.7 Å².